The Morgan fingerprint density at radius 2 is 1.90 bits per heavy atom. The van der Waals surface area contributed by atoms with Crippen molar-refractivity contribution < 1.29 is 23.8 Å². The number of hydrogen-bond donors (Lipinski definition) is 2. The van der Waals surface area contributed by atoms with Crippen LogP contribution in [0.3, 0.4) is 0 Å². The van der Waals surface area contributed by atoms with E-state index in [1.807, 2.05) is 42.5 Å². The second kappa shape index (κ2) is 7.45. The molecule has 0 bridgehead atoms. The summed E-state index contributed by atoms with van der Waals surface area (Å²) in [5.74, 6) is -0.432. The Morgan fingerprint density at radius 3 is 2.68 bits per heavy atom. The lowest BCUT2D eigenvalue weighted by molar-refractivity contribution is 0.0697. The highest BCUT2D eigenvalue weighted by Gasteiger charge is 2.24. The van der Waals surface area contributed by atoms with E-state index in [9.17, 15) is 14.7 Å². The van der Waals surface area contributed by atoms with Crippen molar-refractivity contribution in [3.05, 3.63) is 76.2 Å². The number of carboxylic acid groups (broad SMARTS) is 1. The molecule has 0 radical (unpaired) electrons. The minimum absolute atomic E-state index is 0.0460. The van der Waals surface area contributed by atoms with E-state index in [-0.39, 0.29) is 23.5 Å². The molecule has 0 atom stereocenters. The number of benzene rings is 2. The number of rotatable bonds is 6. The van der Waals surface area contributed by atoms with Gasteiger partial charge < -0.3 is 19.2 Å². The topological polar surface area (TPSA) is 92.5 Å². The van der Waals surface area contributed by atoms with Gasteiger partial charge in [0.25, 0.3) is 0 Å². The zero-order chi connectivity index (χ0) is 21.5. The molecule has 2 N–H and O–H groups in total. The number of aromatic amines is 1. The minimum atomic E-state index is -1.07. The molecule has 154 valence electrons. The molecular weight excluding hydrogens is 414 g/mol. The zero-order valence-corrected chi connectivity index (χ0v) is 17.3. The molecule has 0 unspecified atom stereocenters. The van der Waals surface area contributed by atoms with Crippen molar-refractivity contribution in [3.63, 3.8) is 0 Å². The van der Waals surface area contributed by atoms with Gasteiger partial charge in [0.2, 0.25) is 5.78 Å². The number of aromatic carboxylic acids is 1. The SMILES string of the molecule is COc1cccc2cc(-c3csc(CC(=O)c4cc5ccccc5o4)c3C(=O)O)[nH]c12. The number of thiophene rings is 1. The first-order chi connectivity index (χ1) is 15.0. The van der Waals surface area contributed by atoms with Crippen LogP contribution in [-0.4, -0.2) is 29.0 Å². The summed E-state index contributed by atoms with van der Waals surface area (Å²) in [5, 5.41) is 13.4. The molecule has 31 heavy (non-hydrogen) atoms. The van der Waals surface area contributed by atoms with Gasteiger partial charge in [-0.25, -0.2) is 4.79 Å². The molecule has 0 spiro atoms. The van der Waals surface area contributed by atoms with Gasteiger partial charge in [0.15, 0.2) is 5.76 Å². The molecule has 0 saturated heterocycles. The lowest BCUT2D eigenvalue weighted by Gasteiger charge is -2.02. The average molecular weight is 431 g/mol. The lowest BCUT2D eigenvalue weighted by atomic mass is 10.0. The summed E-state index contributed by atoms with van der Waals surface area (Å²) in [5.41, 5.74) is 2.75. The summed E-state index contributed by atoms with van der Waals surface area (Å²) in [6.07, 6.45) is -0.0460. The van der Waals surface area contributed by atoms with Crippen LogP contribution >= 0.6 is 11.3 Å². The molecule has 3 aromatic heterocycles. The summed E-state index contributed by atoms with van der Waals surface area (Å²) in [6.45, 7) is 0. The first-order valence-corrected chi connectivity index (χ1v) is 10.4. The molecule has 0 aliphatic rings. The first kappa shape index (κ1) is 19.1. The number of carbonyl (C=O) groups excluding carboxylic acids is 1. The fraction of sp³-hybridized carbons (Fsp3) is 0.0833. The van der Waals surface area contributed by atoms with Gasteiger partial charge in [0.1, 0.15) is 11.3 Å². The summed E-state index contributed by atoms with van der Waals surface area (Å²) in [6, 6.07) is 16.6. The maximum atomic E-state index is 12.8. The number of ketones is 1. The highest BCUT2D eigenvalue weighted by molar-refractivity contribution is 7.11. The van der Waals surface area contributed by atoms with Gasteiger partial charge in [-0.15, -0.1) is 11.3 Å². The molecule has 6 nitrogen and oxygen atoms in total. The van der Waals surface area contributed by atoms with Crippen LogP contribution in [0.15, 0.2) is 64.4 Å². The fourth-order valence-electron chi connectivity index (χ4n) is 3.76. The molecule has 0 amide bonds. The van der Waals surface area contributed by atoms with Crippen LogP contribution in [0.5, 0.6) is 5.75 Å². The van der Waals surface area contributed by atoms with Crippen molar-refractivity contribution in [2.24, 2.45) is 0 Å². The average Bonchev–Trinajstić information content (AvgIpc) is 3.48. The summed E-state index contributed by atoms with van der Waals surface area (Å²) in [4.78, 5) is 28.7. The molecular formula is C24H17NO5S. The quantitative estimate of drug-likeness (QED) is 0.333. The largest absolute Gasteiger partial charge is 0.495 e. The standard InChI is InChI=1S/C24H17NO5S/c1-29-19-8-4-6-14-9-16(25-23(14)19)15-12-31-21(22(15)24(27)28)11-17(26)20-10-13-5-2-3-7-18(13)30-20/h2-10,12,25H,11H2,1H3,(H,27,28). The number of Topliss-reactive ketones (excluding diaryl/α,β-unsaturated/α-hetero) is 1. The molecule has 2 aromatic carbocycles. The van der Waals surface area contributed by atoms with Crippen LogP contribution in [0.2, 0.25) is 0 Å². The molecule has 5 aromatic rings. The van der Waals surface area contributed by atoms with Gasteiger partial charge in [-0.05, 0) is 24.3 Å². The highest BCUT2D eigenvalue weighted by Crippen LogP contribution is 2.36. The minimum Gasteiger partial charge on any atom is -0.495 e. The predicted molar refractivity (Wildman–Crippen MR) is 119 cm³/mol. The number of para-hydroxylation sites is 2. The number of H-pyrrole nitrogens is 1. The molecule has 0 aliphatic heterocycles. The number of ether oxygens (including phenoxy) is 1. The third-order valence-electron chi connectivity index (χ3n) is 5.23. The van der Waals surface area contributed by atoms with Crippen molar-refractivity contribution in [2.75, 3.05) is 7.11 Å². The zero-order valence-electron chi connectivity index (χ0n) is 16.5. The van der Waals surface area contributed by atoms with Crippen molar-refractivity contribution in [1.82, 2.24) is 4.98 Å². The Bertz CT molecular complexity index is 1420. The number of nitrogens with one attached hydrogen (secondary N) is 1. The highest BCUT2D eigenvalue weighted by atomic mass is 32.1. The number of fused-ring (bicyclic) bond motifs is 2. The van der Waals surface area contributed by atoms with Gasteiger partial charge >= 0.3 is 5.97 Å². The van der Waals surface area contributed by atoms with Gasteiger partial charge in [-0.2, -0.15) is 0 Å². The van der Waals surface area contributed by atoms with Gasteiger partial charge in [-0.1, -0.05) is 30.3 Å². The smallest absolute Gasteiger partial charge is 0.337 e. The molecule has 0 fully saturated rings. The lowest BCUT2D eigenvalue weighted by Crippen LogP contribution is -2.06. The van der Waals surface area contributed by atoms with Gasteiger partial charge in [0, 0.05) is 38.7 Å². The van der Waals surface area contributed by atoms with Crippen molar-refractivity contribution in [3.8, 4) is 17.0 Å². The van der Waals surface area contributed by atoms with Crippen LogP contribution in [0.1, 0.15) is 25.8 Å². The van der Waals surface area contributed by atoms with E-state index in [1.54, 1.807) is 24.6 Å². The summed E-state index contributed by atoms with van der Waals surface area (Å²) >= 11 is 1.25. The van der Waals surface area contributed by atoms with E-state index in [4.69, 9.17) is 9.15 Å². The van der Waals surface area contributed by atoms with Crippen molar-refractivity contribution in [2.45, 2.75) is 6.42 Å². The maximum absolute atomic E-state index is 12.8. The van der Waals surface area contributed by atoms with Crippen molar-refractivity contribution >= 4 is 45.0 Å². The number of hydrogen-bond acceptors (Lipinski definition) is 5. The van der Waals surface area contributed by atoms with Crippen LogP contribution < -0.4 is 4.74 Å². The van der Waals surface area contributed by atoms with E-state index in [2.05, 4.69) is 4.98 Å². The molecule has 5 rings (SSSR count). The maximum Gasteiger partial charge on any atom is 0.337 e. The number of furan rings is 1. The third kappa shape index (κ3) is 3.29. The van der Waals surface area contributed by atoms with E-state index in [0.29, 0.717) is 27.5 Å². The summed E-state index contributed by atoms with van der Waals surface area (Å²) < 4.78 is 11.0. The van der Waals surface area contributed by atoms with E-state index >= 15 is 0 Å². The van der Waals surface area contributed by atoms with Gasteiger partial charge in [0.05, 0.1) is 18.2 Å². The second-order valence-electron chi connectivity index (χ2n) is 7.11. The summed E-state index contributed by atoms with van der Waals surface area (Å²) in [7, 11) is 1.59. The van der Waals surface area contributed by atoms with Crippen LogP contribution in [0, 0.1) is 0 Å². The molecule has 0 saturated carbocycles. The molecule has 0 aliphatic carbocycles. The molecule has 3 heterocycles. The Labute approximate surface area is 180 Å². The Morgan fingerprint density at radius 1 is 1.10 bits per heavy atom. The van der Waals surface area contributed by atoms with E-state index in [0.717, 1.165) is 16.3 Å². The monoisotopic (exact) mass is 431 g/mol. The third-order valence-corrected chi connectivity index (χ3v) is 6.22. The number of carbonyl (C=O) groups is 2. The first-order valence-electron chi connectivity index (χ1n) is 9.56. The van der Waals surface area contributed by atoms with Crippen LogP contribution in [-0.2, 0) is 6.42 Å². The Balaban J connectivity index is 1.52. The second-order valence-corrected chi connectivity index (χ2v) is 8.07. The predicted octanol–water partition coefficient (Wildman–Crippen LogP) is 5.77. The van der Waals surface area contributed by atoms with E-state index in [1.165, 1.54) is 11.3 Å². The van der Waals surface area contributed by atoms with Crippen LogP contribution in [0.4, 0.5) is 0 Å². The van der Waals surface area contributed by atoms with Crippen molar-refractivity contribution in [1.29, 1.82) is 0 Å². The fourth-order valence-corrected chi connectivity index (χ4v) is 4.79. The molecule has 7 heteroatoms. The number of aromatic nitrogens is 1. The normalized spacial score (nSPS) is 11.3. The number of carboxylic acids is 1. The van der Waals surface area contributed by atoms with Gasteiger partial charge in [-0.3, -0.25) is 4.79 Å². The van der Waals surface area contributed by atoms with Crippen LogP contribution in [0.25, 0.3) is 33.1 Å². The van der Waals surface area contributed by atoms with E-state index < -0.39 is 5.97 Å². The Hall–Kier alpha value is -3.84. The Kier molecular flexibility index (Phi) is 4.60. The number of methoxy groups -OCH3 is 1.